The monoisotopic (exact) mass is 373 g/mol. The number of piperidine rings is 1. The zero-order valence-corrected chi connectivity index (χ0v) is 16.0. The van der Waals surface area contributed by atoms with Crippen LogP contribution in [0.15, 0.2) is 48.5 Å². The minimum atomic E-state index is 0.134. The number of nitrogens with one attached hydrogen (secondary N) is 2. The van der Waals surface area contributed by atoms with Crippen LogP contribution in [0, 0.1) is 0 Å². The molecular formula is C20H24ClN3S. The molecule has 0 aromatic heterocycles. The maximum absolute atomic E-state index is 6.00. The fourth-order valence-electron chi connectivity index (χ4n) is 3.14. The molecule has 0 saturated carbocycles. The van der Waals surface area contributed by atoms with E-state index >= 15 is 0 Å². The molecule has 1 aliphatic heterocycles. The number of nitrogens with zero attached hydrogens (tertiary/aromatic N) is 1. The summed E-state index contributed by atoms with van der Waals surface area (Å²) in [6.07, 6.45) is 3.94. The number of benzene rings is 2. The predicted molar refractivity (Wildman–Crippen MR) is 112 cm³/mol. The third kappa shape index (κ3) is 5.10. The first-order valence-electron chi connectivity index (χ1n) is 8.80. The van der Waals surface area contributed by atoms with E-state index in [4.69, 9.17) is 23.8 Å². The van der Waals surface area contributed by atoms with Crippen molar-refractivity contribution in [2.75, 3.05) is 23.3 Å². The van der Waals surface area contributed by atoms with E-state index in [2.05, 4.69) is 46.7 Å². The van der Waals surface area contributed by atoms with Crippen molar-refractivity contribution in [3.8, 4) is 0 Å². The molecule has 2 aromatic carbocycles. The first kappa shape index (κ1) is 18.0. The van der Waals surface area contributed by atoms with Crippen molar-refractivity contribution in [1.29, 1.82) is 0 Å². The molecule has 5 heteroatoms. The molecule has 1 atom stereocenters. The molecule has 1 unspecified atom stereocenters. The van der Waals surface area contributed by atoms with E-state index in [1.165, 1.54) is 43.6 Å². The van der Waals surface area contributed by atoms with Crippen molar-refractivity contribution in [2.24, 2.45) is 0 Å². The molecule has 3 rings (SSSR count). The van der Waals surface area contributed by atoms with Gasteiger partial charge in [-0.25, -0.2) is 0 Å². The summed E-state index contributed by atoms with van der Waals surface area (Å²) in [5.41, 5.74) is 3.42. The van der Waals surface area contributed by atoms with Crippen molar-refractivity contribution in [3.63, 3.8) is 0 Å². The highest BCUT2D eigenvalue weighted by Crippen LogP contribution is 2.22. The molecule has 0 amide bonds. The lowest BCUT2D eigenvalue weighted by Crippen LogP contribution is -2.31. The van der Waals surface area contributed by atoms with Gasteiger partial charge in [-0.05, 0) is 74.3 Å². The fraction of sp³-hybridized carbons (Fsp3) is 0.350. The van der Waals surface area contributed by atoms with Gasteiger partial charge >= 0.3 is 0 Å². The molecule has 1 fully saturated rings. The molecule has 0 bridgehead atoms. The van der Waals surface area contributed by atoms with Crippen LogP contribution in [0.25, 0.3) is 0 Å². The highest BCUT2D eigenvalue weighted by Gasteiger charge is 2.12. The lowest BCUT2D eigenvalue weighted by Gasteiger charge is -2.29. The molecule has 0 radical (unpaired) electrons. The fourth-order valence-corrected chi connectivity index (χ4v) is 3.62. The summed E-state index contributed by atoms with van der Waals surface area (Å²) in [6.45, 7) is 4.45. The Morgan fingerprint density at radius 1 is 1.08 bits per heavy atom. The standard InChI is InChI=1S/C20H24ClN3S/c1-15(22-20(25)23-18-7-5-6-17(21)14-18)16-8-10-19(11-9-16)24-12-3-2-4-13-24/h5-11,14-15H,2-4,12-13H2,1H3,(H2,22,23,25). The number of hydrogen-bond donors (Lipinski definition) is 2. The normalized spacial score (nSPS) is 15.5. The summed E-state index contributed by atoms with van der Waals surface area (Å²) in [7, 11) is 0. The Hall–Kier alpha value is -1.78. The number of rotatable bonds is 4. The van der Waals surface area contributed by atoms with E-state index in [0.29, 0.717) is 10.1 Å². The first-order chi connectivity index (χ1) is 12.1. The van der Waals surface area contributed by atoms with E-state index in [1.807, 2.05) is 24.3 Å². The average molecular weight is 374 g/mol. The molecule has 25 heavy (non-hydrogen) atoms. The second-order valence-corrected chi connectivity index (χ2v) is 7.31. The Balaban J connectivity index is 1.57. The summed E-state index contributed by atoms with van der Waals surface area (Å²) < 4.78 is 0. The van der Waals surface area contributed by atoms with Gasteiger partial charge in [-0.3, -0.25) is 0 Å². The second kappa shape index (κ2) is 8.54. The molecule has 1 saturated heterocycles. The minimum Gasteiger partial charge on any atom is -0.372 e. The number of thiocarbonyl (C=S) groups is 1. The van der Waals surface area contributed by atoms with Crippen LogP contribution < -0.4 is 15.5 Å². The van der Waals surface area contributed by atoms with Gasteiger partial charge in [0.2, 0.25) is 0 Å². The van der Waals surface area contributed by atoms with Crippen LogP contribution in [0.5, 0.6) is 0 Å². The van der Waals surface area contributed by atoms with Gasteiger partial charge in [-0.1, -0.05) is 29.8 Å². The van der Waals surface area contributed by atoms with Crippen LogP contribution in [0.2, 0.25) is 5.02 Å². The van der Waals surface area contributed by atoms with Gasteiger partial charge in [0.05, 0.1) is 6.04 Å². The van der Waals surface area contributed by atoms with Gasteiger partial charge < -0.3 is 15.5 Å². The smallest absolute Gasteiger partial charge is 0.171 e. The van der Waals surface area contributed by atoms with Crippen molar-refractivity contribution in [2.45, 2.75) is 32.2 Å². The maximum atomic E-state index is 6.00. The van der Waals surface area contributed by atoms with Crippen LogP contribution >= 0.6 is 23.8 Å². The largest absolute Gasteiger partial charge is 0.372 e. The molecule has 1 heterocycles. The first-order valence-corrected chi connectivity index (χ1v) is 9.58. The highest BCUT2D eigenvalue weighted by atomic mass is 35.5. The lowest BCUT2D eigenvalue weighted by atomic mass is 10.1. The summed E-state index contributed by atoms with van der Waals surface area (Å²) >= 11 is 11.4. The van der Waals surface area contributed by atoms with Gasteiger partial charge in [0.15, 0.2) is 5.11 Å². The average Bonchev–Trinajstić information content (AvgIpc) is 2.62. The van der Waals surface area contributed by atoms with Crippen LogP contribution in [0.4, 0.5) is 11.4 Å². The van der Waals surface area contributed by atoms with Crippen molar-refractivity contribution in [3.05, 3.63) is 59.1 Å². The van der Waals surface area contributed by atoms with Crippen LogP contribution in [-0.2, 0) is 0 Å². The predicted octanol–water partition coefficient (Wildman–Crippen LogP) is 5.38. The van der Waals surface area contributed by atoms with Crippen molar-refractivity contribution < 1.29 is 0 Å². The summed E-state index contributed by atoms with van der Waals surface area (Å²) in [5.74, 6) is 0. The second-order valence-electron chi connectivity index (χ2n) is 6.47. The van der Waals surface area contributed by atoms with Crippen LogP contribution in [-0.4, -0.2) is 18.2 Å². The quantitative estimate of drug-likeness (QED) is 0.704. The molecule has 1 aliphatic rings. The van der Waals surface area contributed by atoms with Gasteiger partial charge in [0, 0.05) is 29.5 Å². The van der Waals surface area contributed by atoms with Gasteiger partial charge in [-0.2, -0.15) is 0 Å². The Morgan fingerprint density at radius 3 is 2.48 bits per heavy atom. The summed E-state index contributed by atoms with van der Waals surface area (Å²) in [4.78, 5) is 2.47. The van der Waals surface area contributed by atoms with E-state index in [0.717, 1.165) is 5.69 Å². The zero-order chi connectivity index (χ0) is 17.6. The number of anilines is 2. The van der Waals surface area contributed by atoms with Gasteiger partial charge in [-0.15, -0.1) is 0 Å². The molecule has 3 nitrogen and oxygen atoms in total. The van der Waals surface area contributed by atoms with E-state index < -0.39 is 0 Å². The molecule has 0 aliphatic carbocycles. The molecule has 2 aromatic rings. The third-order valence-corrected chi connectivity index (χ3v) is 5.00. The Labute approximate surface area is 160 Å². The highest BCUT2D eigenvalue weighted by molar-refractivity contribution is 7.80. The maximum Gasteiger partial charge on any atom is 0.171 e. The van der Waals surface area contributed by atoms with Crippen molar-refractivity contribution >= 4 is 40.3 Å². The Bertz CT molecular complexity index is 711. The van der Waals surface area contributed by atoms with Crippen molar-refractivity contribution in [1.82, 2.24) is 5.32 Å². The Morgan fingerprint density at radius 2 is 1.80 bits per heavy atom. The van der Waals surface area contributed by atoms with Crippen LogP contribution in [0.3, 0.4) is 0 Å². The zero-order valence-electron chi connectivity index (χ0n) is 14.5. The summed E-state index contributed by atoms with van der Waals surface area (Å²) in [6, 6.07) is 16.5. The minimum absolute atomic E-state index is 0.134. The number of halogens is 1. The molecular weight excluding hydrogens is 350 g/mol. The third-order valence-electron chi connectivity index (χ3n) is 4.54. The van der Waals surface area contributed by atoms with Gasteiger partial charge in [0.1, 0.15) is 0 Å². The lowest BCUT2D eigenvalue weighted by molar-refractivity contribution is 0.577. The van der Waals surface area contributed by atoms with E-state index in [1.54, 1.807) is 0 Å². The topological polar surface area (TPSA) is 27.3 Å². The molecule has 132 valence electrons. The summed E-state index contributed by atoms with van der Waals surface area (Å²) in [5, 5.41) is 7.78. The van der Waals surface area contributed by atoms with E-state index in [-0.39, 0.29) is 6.04 Å². The number of hydrogen-bond acceptors (Lipinski definition) is 2. The van der Waals surface area contributed by atoms with E-state index in [9.17, 15) is 0 Å². The Kier molecular flexibility index (Phi) is 6.16. The van der Waals surface area contributed by atoms with Crippen LogP contribution in [0.1, 0.15) is 37.8 Å². The molecule has 0 spiro atoms. The SMILES string of the molecule is CC(NC(=S)Nc1cccc(Cl)c1)c1ccc(N2CCCCC2)cc1. The molecule has 2 N–H and O–H groups in total. The van der Waals surface area contributed by atoms with Gasteiger partial charge in [0.25, 0.3) is 0 Å².